The largest absolute Gasteiger partial charge is 0.469 e. The molecule has 16 heavy (non-hydrogen) atoms. The molecule has 4 fully saturated rings. The van der Waals surface area contributed by atoms with Crippen LogP contribution in [0.25, 0.3) is 0 Å². The van der Waals surface area contributed by atoms with Gasteiger partial charge >= 0.3 is 5.97 Å². The highest BCUT2D eigenvalue weighted by Crippen LogP contribution is 2.65. The van der Waals surface area contributed by atoms with Crippen LogP contribution in [-0.2, 0) is 9.53 Å². The minimum Gasteiger partial charge on any atom is -0.469 e. The van der Waals surface area contributed by atoms with E-state index in [-0.39, 0.29) is 11.4 Å². The van der Waals surface area contributed by atoms with Gasteiger partial charge in [-0.2, -0.15) is 0 Å². The number of methoxy groups -OCH3 is 1. The Morgan fingerprint density at radius 1 is 1.31 bits per heavy atom. The Balaban J connectivity index is 1.83. The van der Waals surface area contributed by atoms with Crippen LogP contribution in [0.5, 0.6) is 0 Å². The third-order valence-corrected chi connectivity index (χ3v) is 5.79. The Hall–Kier alpha value is -0.0500. The van der Waals surface area contributed by atoms with E-state index in [4.69, 9.17) is 4.74 Å². The average molecular weight is 287 g/mol. The molecule has 90 valence electrons. The third-order valence-electron chi connectivity index (χ3n) is 4.86. The Morgan fingerprint density at radius 3 is 2.44 bits per heavy atom. The molecule has 0 saturated heterocycles. The van der Waals surface area contributed by atoms with Crippen LogP contribution in [0.4, 0.5) is 0 Å². The molecule has 4 saturated carbocycles. The van der Waals surface area contributed by atoms with E-state index in [0.29, 0.717) is 10.7 Å². The molecule has 4 rings (SSSR count). The van der Waals surface area contributed by atoms with Gasteiger partial charge < -0.3 is 4.74 Å². The standard InChI is InChI=1S/C13H19BrO2/c1-16-11(15)7-12-3-9-2-10(4-12)6-13(14,5-9)8-12/h9-10H,2-8H2,1H3/t9-,10+,12?,13?. The van der Waals surface area contributed by atoms with Crippen LogP contribution in [0.15, 0.2) is 0 Å². The topological polar surface area (TPSA) is 26.3 Å². The highest BCUT2D eigenvalue weighted by atomic mass is 79.9. The normalized spacial score (nSPS) is 49.4. The van der Waals surface area contributed by atoms with Gasteiger partial charge in [0.2, 0.25) is 0 Å². The van der Waals surface area contributed by atoms with Gasteiger partial charge in [-0.3, -0.25) is 4.79 Å². The van der Waals surface area contributed by atoms with Crippen LogP contribution in [0.1, 0.15) is 44.9 Å². The van der Waals surface area contributed by atoms with Crippen LogP contribution in [0.2, 0.25) is 0 Å². The van der Waals surface area contributed by atoms with Crippen molar-refractivity contribution in [3.63, 3.8) is 0 Å². The summed E-state index contributed by atoms with van der Waals surface area (Å²) in [5, 5.41) is 0. The molecule has 0 amide bonds. The first kappa shape index (κ1) is 11.1. The second-order valence-electron chi connectivity index (χ2n) is 6.36. The van der Waals surface area contributed by atoms with Crippen molar-refractivity contribution in [2.24, 2.45) is 17.3 Å². The Labute approximate surface area is 105 Å². The molecule has 0 N–H and O–H groups in total. The zero-order chi connectivity index (χ0) is 11.4. The van der Waals surface area contributed by atoms with Gasteiger partial charge in [0.1, 0.15) is 0 Å². The summed E-state index contributed by atoms with van der Waals surface area (Å²) in [4.78, 5) is 11.6. The van der Waals surface area contributed by atoms with Gasteiger partial charge in [0.05, 0.1) is 13.5 Å². The van der Waals surface area contributed by atoms with E-state index in [9.17, 15) is 4.79 Å². The van der Waals surface area contributed by atoms with Crippen molar-refractivity contribution in [3.05, 3.63) is 0 Å². The summed E-state index contributed by atoms with van der Waals surface area (Å²) < 4.78 is 5.22. The lowest BCUT2D eigenvalue weighted by molar-refractivity contribution is -0.148. The fourth-order valence-corrected chi connectivity index (χ4v) is 6.43. The smallest absolute Gasteiger partial charge is 0.306 e. The summed E-state index contributed by atoms with van der Waals surface area (Å²) in [5.41, 5.74) is 0.265. The molecule has 0 aliphatic heterocycles. The van der Waals surface area contributed by atoms with E-state index < -0.39 is 0 Å². The van der Waals surface area contributed by atoms with Crippen molar-refractivity contribution in [1.29, 1.82) is 0 Å². The van der Waals surface area contributed by atoms with Gasteiger partial charge in [-0.25, -0.2) is 0 Å². The first-order valence-electron chi connectivity index (χ1n) is 6.28. The number of halogens is 1. The molecule has 3 heteroatoms. The molecular formula is C13H19BrO2. The lowest BCUT2D eigenvalue weighted by Gasteiger charge is -2.60. The van der Waals surface area contributed by atoms with Crippen LogP contribution in [0.3, 0.4) is 0 Å². The third kappa shape index (κ3) is 1.71. The molecule has 0 spiro atoms. The van der Waals surface area contributed by atoms with Gasteiger partial charge in [0.25, 0.3) is 0 Å². The summed E-state index contributed by atoms with van der Waals surface area (Å²) in [7, 11) is 1.51. The van der Waals surface area contributed by atoms with E-state index in [1.54, 1.807) is 0 Å². The first-order chi connectivity index (χ1) is 7.53. The minimum atomic E-state index is -0.0157. The summed E-state index contributed by atoms with van der Waals surface area (Å²) in [6.07, 6.45) is 8.39. The second-order valence-corrected chi connectivity index (χ2v) is 8.05. The quantitative estimate of drug-likeness (QED) is 0.575. The lowest BCUT2D eigenvalue weighted by Crippen LogP contribution is -2.53. The van der Waals surface area contributed by atoms with Gasteiger partial charge in [-0.1, -0.05) is 15.9 Å². The van der Waals surface area contributed by atoms with E-state index in [1.165, 1.54) is 45.6 Å². The number of esters is 1. The zero-order valence-electron chi connectivity index (χ0n) is 9.80. The Kier molecular flexibility index (Phi) is 2.40. The maximum Gasteiger partial charge on any atom is 0.306 e. The van der Waals surface area contributed by atoms with Crippen molar-refractivity contribution >= 4 is 21.9 Å². The Morgan fingerprint density at radius 2 is 1.94 bits per heavy atom. The molecule has 4 bridgehead atoms. The van der Waals surface area contributed by atoms with Crippen molar-refractivity contribution in [3.8, 4) is 0 Å². The van der Waals surface area contributed by atoms with Crippen LogP contribution < -0.4 is 0 Å². The number of hydrogen-bond acceptors (Lipinski definition) is 2. The predicted octanol–water partition coefficient (Wildman–Crippen LogP) is 3.28. The lowest BCUT2D eigenvalue weighted by atomic mass is 9.49. The van der Waals surface area contributed by atoms with Gasteiger partial charge in [-0.05, 0) is 55.8 Å². The SMILES string of the molecule is COC(=O)CC12C[C@@H]3C[C@@H](CC(Br)(C3)C1)C2. The number of carbonyl (C=O) groups excluding carboxylic acids is 1. The number of hydrogen-bond donors (Lipinski definition) is 0. The molecule has 4 aliphatic rings. The van der Waals surface area contributed by atoms with E-state index >= 15 is 0 Å². The predicted molar refractivity (Wildman–Crippen MR) is 65.4 cm³/mol. The van der Waals surface area contributed by atoms with Crippen molar-refractivity contribution < 1.29 is 9.53 Å². The summed E-state index contributed by atoms with van der Waals surface area (Å²) >= 11 is 3.95. The molecule has 0 aromatic rings. The van der Waals surface area contributed by atoms with Crippen LogP contribution in [0, 0.1) is 17.3 Å². The summed E-state index contributed by atoms with van der Waals surface area (Å²) in [5.74, 6) is 1.69. The van der Waals surface area contributed by atoms with Crippen molar-refractivity contribution in [2.75, 3.05) is 7.11 Å². The molecule has 0 radical (unpaired) electrons. The molecule has 0 aromatic heterocycles. The van der Waals surface area contributed by atoms with Gasteiger partial charge in [0, 0.05) is 4.32 Å². The van der Waals surface area contributed by atoms with Crippen molar-refractivity contribution in [2.45, 2.75) is 49.3 Å². The molecule has 0 heterocycles. The fourth-order valence-electron chi connectivity index (χ4n) is 4.92. The molecule has 2 unspecified atom stereocenters. The number of rotatable bonds is 2. The molecule has 4 aliphatic carbocycles. The number of alkyl halides is 1. The maximum atomic E-state index is 11.6. The monoisotopic (exact) mass is 286 g/mol. The average Bonchev–Trinajstić information content (AvgIpc) is 2.12. The highest BCUT2D eigenvalue weighted by molar-refractivity contribution is 9.10. The van der Waals surface area contributed by atoms with E-state index in [1.807, 2.05) is 0 Å². The zero-order valence-corrected chi connectivity index (χ0v) is 11.4. The summed E-state index contributed by atoms with van der Waals surface area (Å²) in [6, 6.07) is 0. The number of carbonyl (C=O) groups is 1. The van der Waals surface area contributed by atoms with Crippen LogP contribution in [-0.4, -0.2) is 17.4 Å². The molecule has 0 aromatic carbocycles. The molecule has 4 atom stereocenters. The van der Waals surface area contributed by atoms with Crippen LogP contribution >= 0.6 is 15.9 Å². The Bertz CT molecular complexity index is 312. The molecular weight excluding hydrogens is 268 g/mol. The van der Waals surface area contributed by atoms with Gasteiger partial charge in [-0.15, -0.1) is 0 Å². The summed E-state index contributed by atoms with van der Waals surface area (Å²) in [6.45, 7) is 0. The first-order valence-corrected chi connectivity index (χ1v) is 7.08. The van der Waals surface area contributed by atoms with Gasteiger partial charge in [0.15, 0.2) is 0 Å². The van der Waals surface area contributed by atoms with Crippen molar-refractivity contribution in [1.82, 2.24) is 0 Å². The maximum absolute atomic E-state index is 11.6. The number of ether oxygens (including phenoxy) is 1. The fraction of sp³-hybridized carbons (Fsp3) is 0.923. The molecule has 2 nitrogen and oxygen atoms in total. The minimum absolute atomic E-state index is 0.0157. The second kappa shape index (κ2) is 3.47. The highest BCUT2D eigenvalue weighted by Gasteiger charge is 2.57. The van der Waals surface area contributed by atoms with E-state index in [0.717, 1.165) is 11.8 Å². The van der Waals surface area contributed by atoms with E-state index in [2.05, 4.69) is 15.9 Å².